The fraction of sp³-hybridized carbons (Fsp3) is 0.269. The van der Waals surface area contributed by atoms with E-state index >= 15 is 0 Å². The number of nitrogens with zero attached hydrogens (tertiary/aromatic N) is 3. The first kappa shape index (κ1) is 22.0. The molecule has 0 radical (unpaired) electrons. The van der Waals surface area contributed by atoms with Gasteiger partial charge in [0.2, 0.25) is 0 Å². The molecular weight excluding hydrogens is 418 g/mol. The maximum atomic E-state index is 13.4. The molecule has 0 saturated carbocycles. The Bertz CT molecular complexity index is 1370. The Balaban J connectivity index is 1.98. The van der Waals surface area contributed by atoms with Gasteiger partial charge < -0.3 is 4.74 Å². The predicted octanol–water partition coefficient (Wildman–Crippen LogP) is 6.15. The van der Waals surface area contributed by atoms with Crippen LogP contribution in [0.4, 0.5) is 0 Å². The van der Waals surface area contributed by atoms with Crippen molar-refractivity contribution in [3.63, 3.8) is 0 Å². The molecule has 0 N–H and O–H groups in total. The van der Waals surface area contributed by atoms with Crippen molar-refractivity contribution >= 4 is 28.5 Å². The molecule has 0 aliphatic heterocycles. The van der Waals surface area contributed by atoms with Gasteiger partial charge in [-0.3, -0.25) is 4.79 Å². The van der Waals surface area contributed by atoms with Gasteiger partial charge in [0.15, 0.2) is 5.82 Å². The normalized spacial score (nSPS) is 11.7. The molecule has 164 valence electrons. The topological polar surface area (TPSA) is 56.5 Å². The zero-order valence-corrected chi connectivity index (χ0v) is 19.9. The molecule has 0 unspecified atom stereocenters. The Morgan fingerprint density at radius 3 is 2.62 bits per heavy atom. The summed E-state index contributed by atoms with van der Waals surface area (Å²) in [4.78, 5) is 20.5. The summed E-state index contributed by atoms with van der Waals surface area (Å²) in [6.45, 7) is 10.9. The smallest absolute Gasteiger partial charge is 0.282 e. The van der Waals surface area contributed by atoms with Crippen LogP contribution in [0.25, 0.3) is 22.3 Å². The van der Waals surface area contributed by atoms with Crippen LogP contribution < -0.4 is 10.3 Å². The minimum atomic E-state index is -0.186. The second kappa shape index (κ2) is 9.09. The molecule has 0 spiro atoms. The number of thiophene rings is 1. The van der Waals surface area contributed by atoms with Crippen LogP contribution in [0, 0.1) is 13.8 Å². The highest BCUT2D eigenvalue weighted by Crippen LogP contribution is 2.34. The molecule has 6 heteroatoms. The number of hydrogen-bond donors (Lipinski definition) is 0. The molecule has 0 bridgehead atoms. The first-order chi connectivity index (χ1) is 15.4. The summed E-state index contributed by atoms with van der Waals surface area (Å²) in [6, 6.07) is 15.6. The number of aromatic nitrogens is 2. The second-order valence-corrected chi connectivity index (χ2v) is 9.37. The van der Waals surface area contributed by atoms with Crippen molar-refractivity contribution in [2.45, 2.75) is 40.5 Å². The van der Waals surface area contributed by atoms with Gasteiger partial charge in [0, 0.05) is 15.3 Å². The summed E-state index contributed by atoms with van der Waals surface area (Å²) >= 11 is 1.63. The summed E-state index contributed by atoms with van der Waals surface area (Å²) in [5.41, 5.74) is 3.41. The third kappa shape index (κ3) is 4.23. The zero-order chi connectivity index (χ0) is 22.8. The van der Waals surface area contributed by atoms with E-state index in [2.05, 4.69) is 25.0 Å². The quantitative estimate of drug-likeness (QED) is 0.335. The molecule has 0 amide bonds. The fourth-order valence-electron chi connectivity index (χ4n) is 3.71. The van der Waals surface area contributed by atoms with Crippen LogP contribution >= 0.6 is 11.3 Å². The van der Waals surface area contributed by atoms with E-state index in [1.54, 1.807) is 23.6 Å². The summed E-state index contributed by atoms with van der Waals surface area (Å²) < 4.78 is 7.31. The molecule has 0 atom stereocenters. The van der Waals surface area contributed by atoms with Crippen LogP contribution in [0.5, 0.6) is 5.75 Å². The number of ether oxygens (including phenoxy) is 1. The van der Waals surface area contributed by atoms with Crippen LogP contribution in [0.3, 0.4) is 0 Å². The minimum Gasteiger partial charge on any atom is -0.494 e. The summed E-state index contributed by atoms with van der Waals surface area (Å²) in [5.74, 6) is 1.66. The van der Waals surface area contributed by atoms with Gasteiger partial charge in [-0.25, -0.2) is 4.98 Å². The van der Waals surface area contributed by atoms with Gasteiger partial charge in [0.1, 0.15) is 5.75 Å². The van der Waals surface area contributed by atoms with E-state index in [1.807, 2.05) is 57.2 Å². The molecule has 4 aromatic rings. The van der Waals surface area contributed by atoms with Gasteiger partial charge >= 0.3 is 0 Å². The number of fused-ring (bicyclic) bond motifs is 1. The summed E-state index contributed by atoms with van der Waals surface area (Å²) in [6.07, 6.45) is 1.73. The van der Waals surface area contributed by atoms with E-state index in [0.717, 1.165) is 27.3 Å². The van der Waals surface area contributed by atoms with E-state index in [4.69, 9.17) is 9.72 Å². The molecule has 2 heterocycles. The largest absolute Gasteiger partial charge is 0.494 e. The third-order valence-corrected chi connectivity index (χ3v) is 6.27. The van der Waals surface area contributed by atoms with E-state index in [0.29, 0.717) is 23.3 Å². The highest BCUT2D eigenvalue weighted by Gasteiger charge is 2.18. The average molecular weight is 446 g/mol. The Morgan fingerprint density at radius 2 is 1.94 bits per heavy atom. The fourth-order valence-corrected chi connectivity index (χ4v) is 4.46. The van der Waals surface area contributed by atoms with Crippen LogP contribution in [0.2, 0.25) is 0 Å². The van der Waals surface area contributed by atoms with Crippen LogP contribution in [0.1, 0.15) is 47.6 Å². The number of benzene rings is 2. The zero-order valence-electron chi connectivity index (χ0n) is 19.0. The average Bonchev–Trinajstić information content (AvgIpc) is 3.18. The minimum absolute atomic E-state index is 0.186. The summed E-state index contributed by atoms with van der Waals surface area (Å²) in [5, 5.41) is 5.13. The van der Waals surface area contributed by atoms with Crippen molar-refractivity contribution in [3.8, 4) is 17.1 Å². The molecule has 0 saturated heterocycles. The lowest BCUT2D eigenvalue weighted by molar-refractivity contribution is 0.335. The number of aryl methyl sites for hydroxylation is 2. The molecule has 0 aliphatic rings. The van der Waals surface area contributed by atoms with Gasteiger partial charge in [-0.2, -0.15) is 9.78 Å². The first-order valence-electron chi connectivity index (χ1n) is 10.8. The monoisotopic (exact) mass is 445 g/mol. The Kier molecular flexibility index (Phi) is 6.24. The molecule has 2 aromatic heterocycles. The van der Waals surface area contributed by atoms with Crippen molar-refractivity contribution in [1.82, 2.24) is 9.66 Å². The van der Waals surface area contributed by atoms with Crippen LogP contribution in [-0.2, 0) is 0 Å². The van der Waals surface area contributed by atoms with Gasteiger partial charge in [-0.15, -0.1) is 11.3 Å². The Labute approximate surface area is 192 Å². The second-order valence-electron chi connectivity index (χ2n) is 8.06. The van der Waals surface area contributed by atoms with E-state index < -0.39 is 0 Å². The van der Waals surface area contributed by atoms with Crippen molar-refractivity contribution in [1.29, 1.82) is 0 Å². The van der Waals surface area contributed by atoms with E-state index in [-0.39, 0.29) is 11.5 Å². The van der Waals surface area contributed by atoms with Crippen molar-refractivity contribution in [3.05, 3.63) is 79.8 Å². The molecule has 0 aliphatic carbocycles. The lowest BCUT2D eigenvalue weighted by atomic mass is 9.96. The third-order valence-electron chi connectivity index (χ3n) is 5.33. The molecule has 2 aromatic carbocycles. The van der Waals surface area contributed by atoms with Crippen LogP contribution in [-0.4, -0.2) is 22.5 Å². The van der Waals surface area contributed by atoms with E-state index in [1.165, 1.54) is 9.55 Å². The van der Waals surface area contributed by atoms with Gasteiger partial charge in [0.25, 0.3) is 5.56 Å². The Hall–Kier alpha value is -3.25. The number of hydrogen-bond acceptors (Lipinski definition) is 5. The van der Waals surface area contributed by atoms with E-state index in [9.17, 15) is 4.79 Å². The highest BCUT2D eigenvalue weighted by molar-refractivity contribution is 7.13. The lowest BCUT2D eigenvalue weighted by Gasteiger charge is -2.18. The van der Waals surface area contributed by atoms with Gasteiger partial charge in [0.05, 0.1) is 23.7 Å². The highest BCUT2D eigenvalue weighted by atomic mass is 32.1. The van der Waals surface area contributed by atoms with Crippen molar-refractivity contribution in [2.24, 2.45) is 5.10 Å². The number of rotatable bonds is 6. The van der Waals surface area contributed by atoms with Crippen LogP contribution in [0.15, 0.2) is 58.4 Å². The maximum absolute atomic E-state index is 13.4. The maximum Gasteiger partial charge on any atom is 0.282 e. The standard InChI is InChI=1S/C26H27N3O2S/c1-6-31-24-13-17(4)22(14-21(24)16(2)3)25-28-23-10-8-7-9-20(23)26(30)29(25)27-15-19-12-11-18(5)32-19/h7-16H,6H2,1-5H3. The summed E-state index contributed by atoms with van der Waals surface area (Å²) in [7, 11) is 0. The Morgan fingerprint density at radius 1 is 1.16 bits per heavy atom. The molecular formula is C26H27N3O2S. The predicted molar refractivity (Wildman–Crippen MR) is 133 cm³/mol. The molecule has 0 fully saturated rings. The number of para-hydroxylation sites is 1. The SMILES string of the molecule is CCOc1cc(C)c(-c2nc3ccccc3c(=O)n2N=Cc2ccc(C)s2)cc1C(C)C. The first-order valence-corrected chi connectivity index (χ1v) is 11.6. The van der Waals surface area contributed by atoms with Crippen molar-refractivity contribution < 1.29 is 4.74 Å². The van der Waals surface area contributed by atoms with Gasteiger partial charge in [-0.1, -0.05) is 26.0 Å². The van der Waals surface area contributed by atoms with Gasteiger partial charge in [-0.05, 0) is 74.2 Å². The molecule has 4 rings (SSSR count). The lowest BCUT2D eigenvalue weighted by Crippen LogP contribution is -2.20. The molecule has 32 heavy (non-hydrogen) atoms. The molecule has 5 nitrogen and oxygen atoms in total. The van der Waals surface area contributed by atoms with Crippen molar-refractivity contribution in [2.75, 3.05) is 6.61 Å².